The van der Waals surface area contributed by atoms with Crippen molar-refractivity contribution < 1.29 is 0 Å². The summed E-state index contributed by atoms with van der Waals surface area (Å²) in [5, 5.41) is 0. The van der Waals surface area contributed by atoms with Gasteiger partial charge in [0.2, 0.25) is 0 Å². The average Bonchev–Trinajstić information content (AvgIpc) is 1.35. The fourth-order valence-electron chi connectivity index (χ4n) is 0.145. The topological polar surface area (TPSA) is 0 Å². The maximum atomic E-state index is 5.41. The SMILES string of the molecule is C/C=C/C(Cl)Br. The molecule has 0 N–H and O–H groups in total. The van der Waals surface area contributed by atoms with E-state index < -0.39 is 0 Å². The van der Waals surface area contributed by atoms with E-state index in [9.17, 15) is 0 Å². The van der Waals surface area contributed by atoms with Crippen molar-refractivity contribution in [1.82, 2.24) is 0 Å². The van der Waals surface area contributed by atoms with Crippen LogP contribution in [0.1, 0.15) is 6.92 Å². The first-order valence-corrected chi connectivity index (χ1v) is 3.03. The van der Waals surface area contributed by atoms with Crippen LogP contribution in [0.4, 0.5) is 0 Å². The van der Waals surface area contributed by atoms with E-state index in [2.05, 4.69) is 15.9 Å². The van der Waals surface area contributed by atoms with E-state index in [0.29, 0.717) is 0 Å². The zero-order chi connectivity index (χ0) is 4.99. The maximum Gasteiger partial charge on any atom is 0.107 e. The Labute approximate surface area is 51.3 Å². The molecular weight excluding hydrogens is 163 g/mol. The summed E-state index contributed by atoms with van der Waals surface area (Å²) in [6.45, 7) is 1.93. The Bertz CT molecular complexity index is 49.5. The summed E-state index contributed by atoms with van der Waals surface area (Å²) in [7, 11) is 0. The zero-order valence-electron chi connectivity index (χ0n) is 3.49. The summed E-state index contributed by atoms with van der Waals surface area (Å²) >= 11 is 8.52. The molecule has 6 heavy (non-hydrogen) atoms. The van der Waals surface area contributed by atoms with Crippen molar-refractivity contribution in [3.63, 3.8) is 0 Å². The Kier molecular flexibility index (Phi) is 4.01. The van der Waals surface area contributed by atoms with Gasteiger partial charge in [-0.3, -0.25) is 0 Å². The van der Waals surface area contributed by atoms with Gasteiger partial charge in [0.05, 0.1) is 0 Å². The largest absolute Gasteiger partial charge is 0.107 e. The number of hydrogen-bond donors (Lipinski definition) is 0. The van der Waals surface area contributed by atoms with Gasteiger partial charge in [0.1, 0.15) is 4.29 Å². The second-order valence-electron chi connectivity index (χ2n) is 0.860. The minimum Gasteiger partial charge on any atom is -0.106 e. The van der Waals surface area contributed by atoms with Gasteiger partial charge in [0, 0.05) is 0 Å². The lowest BCUT2D eigenvalue weighted by molar-refractivity contribution is 1.60. The summed E-state index contributed by atoms with van der Waals surface area (Å²) in [5.74, 6) is 0. The Morgan fingerprint density at radius 1 is 1.83 bits per heavy atom. The minimum absolute atomic E-state index is 0.00231. The molecule has 0 amide bonds. The van der Waals surface area contributed by atoms with E-state index in [1.165, 1.54) is 0 Å². The number of hydrogen-bond acceptors (Lipinski definition) is 0. The maximum absolute atomic E-state index is 5.41. The predicted octanol–water partition coefficient (Wildman–Crippen LogP) is 2.52. The molecule has 0 heterocycles. The smallest absolute Gasteiger partial charge is 0.106 e. The number of halogens is 2. The predicted molar refractivity (Wildman–Crippen MR) is 33.4 cm³/mol. The standard InChI is InChI=1S/C4H6BrCl/c1-2-3-4(5)6/h2-4H,1H3/b3-2+. The molecule has 36 valence electrons. The Balaban J connectivity index is 3.03. The van der Waals surface area contributed by atoms with Crippen LogP contribution in [0.5, 0.6) is 0 Å². The summed E-state index contributed by atoms with van der Waals surface area (Å²) < 4.78 is 0.00231. The van der Waals surface area contributed by atoms with Crippen LogP contribution >= 0.6 is 27.5 Å². The third-order valence-corrected chi connectivity index (χ3v) is 0.789. The van der Waals surface area contributed by atoms with Crippen LogP contribution < -0.4 is 0 Å². The molecule has 0 radical (unpaired) electrons. The van der Waals surface area contributed by atoms with Gasteiger partial charge in [0.15, 0.2) is 0 Å². The van der Waals surface area contributed by atoms with Gasteiger partial charge in [0.25, 0.3) is 0 Å². The van der Waals surface area contributed by atoms with E-state index in [1.54, 1.807) is 0 Å². The summed E-state index contributed by atoms with van der Waals surface area (Å²) in [4.78, 5) is 0. The van der Waals surface area contributed by atoms with Gasteiger partial charge >= 0.3 is 0 Å². The van der Waals surface area contributed by atoms with Crippen molar-refractivity contribution in [3.8, 4) is 0 Å². The van der Waals surface area contributed by atoms with Crippen molar-refractivity contribution in [2.24, 2.45) is 0 Å². The van der Waals surface area contributed by atoms with E-state index in [-0.39, 0.29) is 4.29 Å². The highest BCUT2D eigenvalue weighted by Gasteiger charge is 1.82. The van der Waals surface area contributed by atoms with Gasteiger partial charge < -0.3 is 0 Å². The molecular formula is C4H6BrCl. The van der Waals surface area contributed by atoms with Crippen molar-refractivity contribution in [2.45, 2.75) is 11.2 Å². The molecule has 0 aliphatic carbocycles. The quantitative estimate of drug-likeness (QED) is 0.418. The van der Waals surface area contributed by atoms with E-state index >= 15 is 0 Å². The molecule has 0 aliphatic heterocycles. The van der Waals surface area contributed by atoms with Crippen LogP contribution in [0.2, 0.25) is 0 Å². The molecule has 0 saturated heterocycles. The fraction of sp³-hybridized carbons (Fsp3) is 0.500. The molecule has 0 fully saturated rings. The van der Waals surface area contributed by atoms with Gasteiger partial charge in [-0.1, -0.05) is 28.1 Å². The number of allylic oxidation sites excluding steroid dienone is 2. The molecule has 0 aromatic carbocycles. The lowest BCUT2D eigenvalue weighted by Gasteiger charge is -1.81. The second kappa shape index (κ2) is 3.69. The molecule has 0 nitrogen and oxygen atoms in total. The van der Waals surface area contributed by atoms with Gasteiger partial charge in [-0.2, -0.15) is 0 Å². The van der Waals surface area contributed by atoms with Crippen LogP contribution in [0.3, 0.4) is 0 Å². The Morgan fingerprint density at radius 2 is 2.33 bits per heavy atom. The number of rotatable bonds is 1. The van der Waals surface area contributed by atoms with Crippen LogP contribution in [-0.4, -0.2) is 4.29 Å². The van der Waals surface area contributed by atoms with Gasteiger partial charge in [-0.05, 0) is 6.92 Å². The molecule has 0 saturated carbocycles. The highest BCUT2D eigenvalue weighted by Crippen LogP contribution is 2.04. The van der Waals surface area contributed by atoms with Gasteiger partial charge in [-0.15, -0.1) is 11.6 Å². The molecule has 0 aliphatic rings. The van der Waals surface area contributed by atoms with Crippen molar-refractivity contribution in [1.29, 1.82) is 0 Å². The molecule has 0 aromatic heterocycles. The highest BCUT2D eigenvalue weighted by atomic mass is 79.9. The van der Waals surface area contributed by atoms with E-state index in [1.807, 2.05) is 19.1 Å². The van der Waals surface area contributed by atoms with Crippen molar-refractivity contribution >= 4 is 27.5 Å². The van der Waals surface area contributed by atoms with Crippen LogP contribution in [0.25, 0.3) is 0 Å². The fourth-order valence-corrected chi connectivity index (χ4v) is 0.596. The summed E-state index contributed by atoms with van der Waals surface area (Å²) in [5.41, 5.74) is 0. The highest BCUT2D eigenvalue weighted by molar-refractivity contribution is 9.10. The third kappa shape index (κ3) is 4.51. The van der Waals surface area contributed by atoms with E-state index in [4.69, 9.17) is 11.6 Å². The average molecular weight is 169 g/mol. The Hall–Kier alpha value is 0.510. The normalized spacial score (nSPS) is 15.8. The van der Waals surface area contributed by atoms with Crippen molar-refractivity contribution in [2.75, 3.05) is 0 Å². The molecule has 0 aromatic rings. The molecule has 0 bridgehead atoms. The molecule has 2 heteroatoms. The first-order valence-electron chi connectivity index (χ1n) is 1.68. The molecule has 1 atom stereocenters. The van der Waals surface area contributed by atoms with Crippen LogP contribution in [0.15, 0.2) is 12.2 Å². The lowest BCUT2D eigenvalue weighted by Crippen LogP contribution is -1.70. The zero-order valence-corrected chi connectivity index (χ0v) is 5.83. The third-order valence-electron chi connectivity index (χ3n) is 0.338. The van der Waals surface area contributed by atoms with Crippen LogP contribution in [-0.2, 0) is 0 Å². The number of alkyl halides is 2. The van der Waals surface area contributed by atoms with Crippen molar-refractivity contribution in [3.05, 3.63) is 12.2 Å². The second-order valence-corrected chi connectivity index (χ2v) is 2.84. The minimum atomic E-state index is 0.00231. The monoisotopic (exact) mass is 168 g/mol. The molecule has 0 rings (SSSR count). The molecule has 0 spiro atoms. The summed E-state index contributed by atoms with van der Waals surface area (Å²) in [6, 6.07) is 0. The first kappa shape index (κ1) is 6.51. The first-order chi connectivity index (χ1) is 2.77. The Morgan fingerprint density at radius 3 is 2.33 bits per heavy atom. The summed E-state index contributed by atoms with van der Waals surface area (Å²) in [6.07, 6.45) is 3.74. The van der Waals surface area contributed by atoms with E-state index in [0.717, 1.165) is 0 Å². The lowest BCUT2D eigenvalue weighted by atomic mass is 10.6. The van der Waals surface area contributed by atoms with Crippen LogP contribution in [0, 0.1) is 0 Å². The molecule has 1 unspecified atom stereocenters. The van der Waals surface area contributed by atoms with Gasteiger partial charge in [-0.25, -0.2) is 0 Å².